The quantitative estimate of drug-likeness (QED) is 0.548. The third-order valence-electron chi connectivity index (χ3n) is 4.17. The second-order valence-electron chi connectivity index (χ2n) is 6.56. The van der Waals surface area contributed by atoms with Crippen LogP contribution in [0.2, 0.25) is 0 Å². The van der Waals surface area contributed by atoms with Gasteiger partial charge in [-0.1, -0.05) is 38.1 Å². The summed E-state index contributed by atoms with van der Waals surface area (Å²) >= 11 is 0. The summed E-state index contributed by atoms with van der Waals surface area (Å²) in [6.45, 7) is 6.43. The summed E-state index contributed by atoms with van der Waals surface area (Å²) in [4.78, 5) is 20.9. The van der Waals surface area contributed by atoms with Gasteiger partial charge in [0.2, 0.25) is 5.95 Å². The summed E-state index contributed by atoms with van der Waals surface area (Å²) in [6.07, 6.45) is 1.66. The van der Waals surface area contributed by atoms with Crippen molar-refractivity contribution >= 4 is 29.1 Å². The molecule has 0 aliphatic heterocycles. The number of anilines is 4. The molecule has 144 valence electrons. The number of carbonyl (C=O) groups excluding carboxylic acids is 1. The number of carbonyl (C=O) groups is 1. The summed E-state index contributed by atoms with van der Waals surface area (Å²) in [5.41, 5.74) is 3.27. The van der Waals surface area contributed by atoms with Crippen molar-refractivity contribution < 1.29 is 9.53 Å². The van der Waals surface area contributed by atoms with Crippen molar-refractivity contribution in [3.8, 4) is 0 Å². The molecule has 0 saturated heterocycles. The zero-order chi connectivity index (χ0) is 19.9. The Morgan fingerprint density at radius 1 is 1.04 bits per heavy atom. The van der Waals surface area contributed by atoms with Gasteiger partial charge in [0.05, 0.1) is 17.9 Å². The highest BCUT2D eigenvalue weighted by Crippen LogP contribution is 2.22. The molecule has 0 atom stereocenters. The Morgan fingerprint density at radius 3 is 2.50 bits per heavy atom. The normalized spacial score (nSPS) is 10.6. The van der Waals surface area contributed by atoms with E-state index >= 15 is 0 Å². The molecule has 3 rings (SSSR count). The largest absolute Gasteiger partial charge is 0.462 e. The maximum absolute atomic E-state index is 12.1. The fourth-order valence-corrected chi connectivity index (χ4v) is 2.69. The lowest BCUT2D eigenvalue weighted by atomic mass is 10.0. The lowest BCUT2D eigenvalue weighted by Gasteiger charge is -2.12. The van der Waals surface area contributed by atoms with Crippen molar-refractivity contribution in [3.05, 3.63) is 71.9 Å². The molecule has 0 fully saturated rings. The fourth-order valence-electron chi connectivity index (χ4n) is 2.69. The van der Waals surface area contributed by atoms with E-state index in [2.05, 4.69) is 46.6 Å². The molecule has 0 spiro atoms. The highest BCUT2D eigenvalue weighted by Gasteiger charge is 2.13. The van der Waals surface area contributed by atoms with Crippen molar-refractivity contribution in [2.24, 2.45) is 0 Å². The highest BCUT2D eigenvalue weighted by atomic mass is 16.5. The maximum Gasteiger partial charge on any atom is 0.340 e. The Balaban J connectivity index is 1.76. The van der Waals surface area contributed by atoms with Crippen LogP contribution in [0.1, 0.15) is 42.6 Å². The van der Waals surface area contributed by atoms with E-state index in [1.165, 1.54) is 5.56 Å². The third kappa shape index (κ3) is 4.85. The Morgan fingerprint density at radius 2 is 1.79 bits per heavy atom. The Bertz CT molecular complexity index is 939. The number of nitrogens with one attached hydrogen (secondary N) is 2. The van der Waals surface area contributed by atoms with E-state index in [4.69, 9.17) is 4.74 Å². The van der Waals surface area contributed by atoms with E-state index in [0.29, 0.717) is 35.5 Å². The third-order valence-corrected chi connectivity index (χ3v) is 4.17. The first-order valence-electron chi connectivity index (χ1n) is 9.30. The van der Waals surface area contributed by atoms with E-state index in [-0.39, 0.29) is 5.97 Å². The monoisotopic (exact) mass is 376 g/mol. The van der Waals surface area contributed by atoms with Gasteiger partial charge in [0.25, 0.3) is 0 Å². The van der Waals surface area contributed by atoms with Gasteiger partial charge in [-0.05, 0) is 48.7 Å². The van der Waals surface area contributed by atoms with Crippen molar-refractivity contribution in [2.75, 3.05) is 17.2 Å². The topological polar surface area (TPSA) is 76.1 Å². The van der Waals surface area contributed by atoms with Gasteiger partial charge < -0.3 is 15.4 Å². The molecule has 6 nitrogen and oxygen atoms in total. The van der Waals surface area contributed by atoms with Crippen LogP contribution in [0.15, 0.2) is 60.8 Å². The molecule has 0 amide bonds. The van der Waals surface area contributed by atoms with Crippen LogP contribution >= 0.6 is 0 Å². The summed E-state index contributed by atoms with van der Waals surface area (Å²) in [5, 5.41) is 6.37. The lowest BCUT2D eigenvalue weighted by Crippen LogP contribution is -2.09. The van der Waals surface area contributed by atoms with Crippen molar-refractivity contribution in [2.45, 2.75) is 26.7 Å². The number of benzene rings is 2. The van der Waals surface area contributed by atoms with Crippen LogP contribution in [0.25, 0.3) is 0 Å². The van der Waals surface area contributed by atoms with Gasteiger partial charge in [-0.2, -0.15) is 4.98 Å². The minimum Gasteiger partial charge on any atom is -0.462 e. The van der Waals surface area contributed by atoms with Gasteiger partial charge >= 0.3 is 5.97 Å². The number of aromatic nitrogens is 2. The number of ether oxygens (including phenoxy) is 1. The van der Waals surface area contributed by atoms with E-state index < -0.39 is 0 Å². The van der Waals surface area contributed by atoms with Crippen molar-refractivity contribution in [3.63, 3.8) is 0 Å². The van der Waals surface area contributed by atoms with Crippen LogP contribution < -0.4 is 10.6 Å². The predicted molar refractivity (Wildman–Crippen MR) is 112 cm³/mol. The Labute approximate surface area is 165 Å². The number of hydrogen-bond acceptors (Lipinski definition) is 6. The standard InChI is InChI=1S/C22H24N4O2/c1-4-28-21(27)18-7-5-6-8-19(18)25-22-23-14-13-20(26-22)24-17-11-9-16(10-12-17)15(2)3/h5-15H,4H2,1-3H3,(H2,23,24,25,26). The Kier molecular flexibility index (Phi) is 6.22. The van der Waals surface area contributed by atoms with Gasteiger partial charge in [-0.3, -0.25) is 0 Å². The first-order valence-corrected chi connectivity index (χ1v) is 9.30. The molecule has 3 aromatic rings. The van der Waals surface area contributed by atoms with Crippen molar-refractivity contribution in [1.29, 1.82) is 0 Å². The molecule has 0 radical (unpaired) electrons. The van der Waals surface area contributed by atoms with Crippen LogP contribution in [0.5, 0.6) is 0 Å². The number of rotatable bonds is 7. The van der Waals surface area contributed by atoms with Gasteiger partial charge in [0.1, 0.15) is 5.82 Å². The fraction of sp³-hybridized carbons (Fsp3) is 0.227. The number of hydrogen-bond donors (Lipinski definition) is 2. The van der Waals surface area contributed by atoms with Crippen LogP contribution in [0.3, 0.4) is 0 Å². The van der Waals surface area contributed by atoms with Gasteiger partial charge in [-0.25, -0.2) is 9.78 Å². The average molecular weight is 376 g/mol. The molecule has 0 aliphatic rings. The highest BCUT2D eigenvalue weighted by molar-refractivity contribution is 5.96. The van der Waals surface area contributed by atoms with Crippen LogP contribution in [-0.2, 0) is 4.74 Å². The van der Waals surface area contributed by atoms with Crippen molar-refractivity contribution in [1.82, 2.24) is 9.97 Å². The SMILES string of the molecule is CCOC(=O)c1ccccc1Nc1nccc(Nc2ccc(C(C)C)cc2)n1. The molecule has 0 saturated carbocycles. The summed E-state index contributed by atoms with van der Waals surface area (Å²) in [6, 6.07) is 17.2. The van der Waals surface area contributed by atoms with Crippen LogP contribution in [-0.4, -0.2) is 22.5 Å². The predicted octanol–water partition coefficient (Wildman–Crippen LogP) is 5.26. The van der Waals surface area contributed by atoms with Crippen LogP contribution in [0, 0.1) is 0 Å². The molecule has 0 unspecified atom stereocenters. The molecular weight excluding hydrogens is 352 g/mol. The lowest BCUT2D eigenvalue weighted by molar-refractivity contribution is 0.0527. The molecule has 0 aliphatic carbocycles. The zero-order valence-corrected chi connectivity index (χ0v) is 16.3. The maximum atomic E-state index is 12.1. The second-order valence-corrected chi connectivity index (χ2v) is 6.56. The number of para-hydroxylation sites is 1. The first kappa shape index (κ1) is 19.4. The number of nitrogens with zero attached hydrogens (tertiary/aromatic N) is 2. The first-order chi connectivity index (χ1) is 13.6. The molecule has 6 heteroatoms. The molecule has 1 aromatic heterocycles. The second kappa shape index (κ2) is 8.99. The van der Waals surface area contributed by atoms with Gasteiger partial charge in [0.15, 0.2) is 0 Å². The van der Waals surface area contributed by atoms with Crippen LogP contribution in [0.4, 0.5) is 23.1 Å². The summed E-state index contributed by atoms with van der Waals surface area (Å²) < 4.78 is 5.10. The molecule has 2 N–H and O–H groups in total. The summed E-state index contributed by atoms with van der Waals surface area (Å²) in [7, 11) is 0. The minimum atomic E-state index is -0.384. The minimum absolute atomic E-state index is 0.318. The van der Waals surface area contributed by atoms with E-state index in [9.17, 15) is 4.79 Å². The molecule has 0 bridgehead atoms. The zero-order valence-electron chi connectivity index (χ0n) is 16.3. The molecule has 1 heterocycles. The Hall–Kier alpha value is -3.41. The molecule has 28 heavy (non-hydrogen) atoms. The van der Waals surface area contributed by atoms with Gasteiger partial charge in [0, 0.05) is 11.9 Å². The van der Waals surface area contributed by atoms with Gasteiger partial charge in [-0.15, -0.1) is 0 Å². The molecule has 2 aromatic carbocycles. The van der Waals surface area contributed by atoms with E-state index in [1.807, 2.05) is 18.2 Å². The summed E-state index contributed by atoms with van der Waals surface area (Å²) in [5.74, 6) is 1.15. The average Bonchev–Trinajstić information content (AvgIpc) is 2.69. The van der Waals surface area contributed by atoms with E-state index in [1.54, 1.807) is 37.4 Å². The van der Waals surface area contributed by atoms with E-state index in [0.717, 1.165) is 5.69 Å². The number of esters is 1. The smallest absolute Gasteiger partial charge is 0.340 e. The molecular formula is C22H24N4O2.